The molecule has 180 valence electrons. The SMILES string of the molecule is CC(=NCC(=N)CN=C(C)c1ccc(N2CCNCC2)cc1)c1ccc(C2CCNCC2)cc1. The summed E-state index contributed by atoms with van der Waals surface area (Å²) in [6.45, 7) is 11.2. The molecule has 6 nitrogen and oxygen atoms in total. The first-order chi connectivity index (χ1) is 16.6. The largest absolute Gasteiger partial charge is 0.369 e. The first-order valence-electron chi connectivity index (χ1n) is 12.6. The number of hydrogen-bond donors (Lipinski definition) is 3. The van der Waals surface area contributed by atoms with Crippen LogP contribution in [0.25, 0.3) is 0 Å². The molecule has 6 heteroatoms. The molecule has 3 N–H and O–H groups in total. The van der Waals surface area contributed by atoms with Crippen LogP contribution in [0.2, 0.25) is 0 Å². The molecule has 2 saturated heterocycles. The van der Waals surface area contributed by atoms with Gasteiger partial charge in [-0.25, -0.2) is 0 Å². The van der Waals surface area contributed by atoms with E-state index in [9.17, 15) is 0 Å². The number of aliphatic imine (C=N–C) groups is 2. The van der Waals surface area contributed by atoms with Gasteiger partial charge < -0.3 is 20.9 Å². The van der Waals surface area contributed by atoms with Gasteiger partial charge in [-0.2, -0.15) is 0 Å². The second-order valence-corrected chi connectivity index (χ2v) is 9.34. The van der Waals surface area contributed by atoms with Crippen LogP contribution in [0.3, 0.4) is 0 Å². The lowest BCUT2D eigenvalue weighted by Gasteiger charge is -2.29. The smallest absolute Gasteiger partial charge is 0.0787 e. The normalized spacial score (nSPS) is 18.2. The van der Waals surface area contributed by atoms with E-state index in [1.807, 2.05) is 13.8 Å². The Morgan fingerprint density at radius 2 is 1.29 bits per heavy atom. The van der Waals surface area contributed by atoms with E-state index in [2.05, 4.69) is 74.0 Å². The van der Waals surface area contributed by atoms with Crippen LogP contribution in [0.1, 0.15) is 49.3 Å². The first kappa shape index (κ1) is 24.3. The van der Waals surface area contributed by atoms with Crippen molar-refractivity contribution in [3.8, 4) is 0 Å². The number of rotatable bonds is 8. The third-order valence-corrected chi connectivity index (χ3v) is 6.92. The Morgan fingerprint density at radius 3 is 1.85 bits per heavy atom. The Hall–Kier alpha value is -2.83. The monoisotopic (exact) mass is 458 g/mol. The average molecular weight is 459 g/mol. The van der Waals surface area contributed by atoms with Gasteiger partial charge in [-0.05, 0) is 74.5 Å². The van der Waals surface area contributed by atoms with Crippen LogP contribution >= 0.6 is 0 Å². The Balaban J connectivity index is 1.27. The molecule has 0 aromatic heterocycles. The van der Waals surface area contributed by atoms with Crippen molar-refractivity contribution in [3.63, 3.8) is 0 Å². The van der Waals surface area contributed by atoms with Crippen LogP contribution in [0.15, 0.2) is 58.5 Å². The summed E-state index contributed by atoms with van der Waals surface area (Å²) >= 11 is 0. The van der Waals surface area contributed by atoms with Crippen molar-refractivity contribution in [1.82, 2.24) is 10.6 Å². The lowest BCUT2D eigenvalue weighted by Crippen LogP contribution is -2.43. The van der Waals surface area contributed by atoms with Crippen molar-refractivity contribution in [2.45, 2.75) is 32.6 Å². The molecule has 2 aromatic rings. The van der Waals surface area contributed by atoms with Gasteiger partial charge in [0, 0.05) is 43.3 Å². The minimum Gasteiger partial charge on any atom is -0.369 e. The zero-order valence-electron chi connectivity index (χ0n) is 20.6. The van der Waals surface area contributed by atoms with E-state index in [0.29, 0.717) is 24.7 Å². The average Bonchev–Trinajstić information content (AvgIpc) is 2.91. The molecule has 0 unspecified atom stereocenters. The molecule has 2 heterocycles. The Kier molecular flexibility index (Phi) is 8.61. The molecule has 2 aromatic carbocycles. The van der Waals surface area contributed by atoms with Gasteiger partial charge in [0.25, 0.3) is 0 Å². The summed E-state index contributed by atoms with van der Waals surface area (Å²) in [6, 6.07) is 17.5. The number of nitrogens with one attached hydrogen (secondary N) is 3. The molecule has 0 atom stereocenters. The lowest BCUT2D eigenvalue weighted by molar-refractivity contribution is 0.460. The molecule has 0 radical (unpaired) electrons. The molecule has 2 aliphatic heterocycles. The van der Waals surface area contributed by atoms with Crippen molar-refractivity contribution in [2.24, 2.45) is 9.98 Å². The standard InChI is InChI=1S/C28H38N6/c1-21(23-3-5-25(6-4-23)26-11-13-30-14-12-26)32-19-27(29)20-33-22(2)24-7-9-28(10-8-24)34-17-15-31-16-18-34/h3-10,26,29-31H,11-20H2,1-2H3. The van der Waals surface area contributed by atoms with E-state index < -0.39 is 0 Å². The van der Waals surface area contributed by atoms with Gasteiger partial charge in [0.2, 0.25) is 0 Å². The van der Waals surface area contributed by atoms with Gasteiger partial charge >= 0.3 is 0 Å². The van der Waals surface area contributed by atoms with Crippen molar-refractivity contribution in [2.75, 3.05) is 57.3 Å². The zero-order valence-corrected chi connectivity index (χ0v) is 20.6. The van der Waals surface area contributed by atoms with Gasteiger partial charge in [0.05, 0.1) is 18.8 Å². The van der Waals surface area contributed by atoms with Gasteiger partial charge in [0.1, 0.15) is 0 Å². The Bertz CT molecular complexity index is 913. The minimum absolute atomic E-state index is 0.386. The highest BCUT2D eigenvalue weighted by Gasteiger charge is 2.15. The summed E-state index contributed by atoms with van der Waals surface area (Å²) in [5, 5.41) is 15.1. The molecule has 4 rings (SSSR count). The van der Waals surface area contributed by atoms with Crippen LogP contribution in [0.5, 0.6) is 0 Å². The molecule has 0 bridgehead atoms. The Labute approximate surface area is 204 Å². The van der Waals surface area contributed by atoms with Crippen LogP contribution in [-0.2, 0) is 0 Å². The van der Waals surface area contributed by atoms with Crippen LogP contribution in [-0.4, -0.2) is 69.5 Å². The maximum Gasteiger partial charge on any atom is 0.0787 e. The van der Waals surface area contributed by atoms with Crippen molar-refractivity contribution in [3.05, 3.63) is 65.2 Å². The molecular weight excluding hydrogens is 420 g/mol. The molecule has 0 spiro atoms. The minimum atomic E-state index is 0.386. The molecule has 34 heavy (non-hydrogen) atoms. The summed E-state index contributed by atoms with van der Waals surface area (Å²) in [6.07, 6.45) is 2.42. The van der Waals surface area contributed by atoms with E-state index in [-0.39, 0.29) is 0 Å². The van der Waals surface area contributed by atoms with Crippen molar-refractivity contribution < 1.29 is 0 Å². The van der Waals surface area contributed by atoms with Crippen LogP contribution in [0, 0.1) is 5.41 Å². The van der Waals surface area contributed by atoms with Gasteiger partial charge in [-0.15, -0.1) is 0 Å². The van der Waals surface area contributed by atoms with Gasteiger partial charge in [-0.1, -0.05) is 36.4 Å². The maximum atomic E-state index is 8.30. The van der Waals surface area contributed by atoms with E-state index in [0.717, 1.165) is 61.8 Å². The third kappa shape index (κ3) is 6.61. The third-order valence-electron chi connectivity index (χ3n) is 6.92. The topological polar surface area (TPSA) is 75.9 Å². The van der Waals surface area contributed by atoms with E-state index in [1.54, 1.807) is 0 Å². The second-order valence-electron chi connectivity index (χ2n) is 9.34. The van der Waals surface area contributed by atoms with Crippen molar-refractivity contribution in [1.29, 1.82) is 5.41 Å². The number of piperazine rings is 1. The molecule has 0 amide bonds. The molecule has 0 aliphatic carbocycles. The summed E-state index contributed by atoms with van der Waals surface area (Å²) in [5.74, 6) is 0.667. The lowest BCUT2D eigenvalue weighted by atomic mass is 9.89. The maximum absolute atomic E-state index is 8.30. The fourth-order valence-corrected chi connectivity index (χ4v) is 4.65. The van der Waals surface area contributed by atoms with E-state index in [1.165, 1.54) is 24.1 Å². The molecule has 0 saturated carbocycles. The fraction of sp³-hybridized carbons (Fsp3) is 0.464. The van der Waals surface area contributed by atoms with Gasteiger partial charge in [-0.3, -0.25) is 9.98 Å². The molecule has 2 fully saturated rings. The summed E-state index contributed by atoms with van der Waals surface area (Å²) in [4.78, 5) is 11.7. The zero-order chi connectivity index (χ0) is 23.8. The summed E-state index contributed by atoms with van der Waals surface area (Å²) in [5.41, 5.74) is 7.41. The predicted molar refractivity (Wildman–Crippen MR) is 145 cm³/mol. The summed E-state index contributed by atoms with van der Waals surface area (Å²) < 4.78 is 0. The Morgan fingerprint density at radius 1 is 0.794 bits per heavy atom. The fourth-order valence-electron chi connectivity index (χ4n) is 4.65. The number of nitrogens with zero attached hydrogens (tertiary/aromatic N) is 3. The first-order valence-corrected chi connectivity index (χ1v) is 12.6. The second kappa shape index (κ2) is 12.0. The highest BCUT2D eigenvalue weighted by atomic mass is 15.2. The van der Waals surface area contributed by atoms with E-state index >= 15 is 0 Å². The predicted octanol–water partition coefficient (Wildman–Crippen LogP) is 3.90. The highest BCUT2D eigenvalue weighted by molar-refractivity contribution is 6.02. The van der Waals surface area contributed by atoms with E-state index in [4.69, 9.17) is 5.41 Å². The number of benzene rings is 2. The highest BCUT2D eigenvalue weighted by Crippen LogP contribution is 2.25. The molecular formula is C28H38N6. The number of anilines is 1. The van der Waals surface area contributed by atoms with Gasteiger partial charge in [0.15, 0.2) is 0 Å². The van der Waals surface area contributed by atoms with Crippen molar-refractivity contribution >= 4 is 22.8 Å². The quantitative estimate of drug-likeness (QED) is 0.525. The summed E-state index contributed by atoms with van der Waals surface area (Å²) in [7, 11) is 0. The molecule has 2 aliphatic rings. The number of piperidine rings is 1. The van der Waals surface area contributed by atoms with Crippen LogP contribution in [0.4, 0.5) is 5.69 Å². The van der Waals surface area contributed by atoms with Crippen LogP contribution < -0.4 is 15.5 Å². The number of hydrogen-bond acceptors (Lipinski definition) is 6.